The molecule has 0 aliphatic carbocycles. The Morgan fingerprint density at radius 3 is 2.00 bits per heavy atom. The lowest BCUT2D eigenvalue weighted by Gasteiger charge is -2.19. The third-order valence-corrected chi connectivity index (χ3v) is 2.77. The van der Waals surface area contributed by atoms with E-state index in [-0.39, 0.29) is 6.17 Å². The van der Waals surface area contributed by atoms with Crippen molar-refractivity contribution < 1.29 is 4.99 Å². The van der Waals surface area contributed by atoms with E-state index in [4.69, 9.17) is 0 Å². The lowest BCUT2D eigenvalue weighted by Crippen LogP contribution is -2.90. The number of hydrogen-bond acceptors (Lipinski definition) is 1. The second kappa shape index (κ2) is 3.81. The van der Waals surface area contributed by atoms with Gasteiger partial charge in [0.15, 0.2) is 0 Å². The Morgan fingerprint density at radius 2 is 1.38 bits per heavy atom. The Balaban J connectivity index is 1.81. The highest BCUT2D eigenvalue weighted by Crippen LogP contribution is 2.09. The maximum atomic E-state index is 3.42. The highest BCUT2D eigenvalue weighted by atomic mass is 15.2. The van der Waals surface area contributed by atoms with E-state index in [0.717, 1.165) is 5.84 Å². The van der Waals surface area contributed by atoms with Crippen LogP contribution in [0.4, 0.5) is 0 Å². The monoisotopic (exact) mass is 209 g/mol. The normalized spacial score (nSPS) is 18.2. The summed E-state index contributed by atoms with van der Waals surface area (Å²) in [6.07, 6.45) is 0.247. The Morgan fingerprint density at radius 1 is 0.812 bits per heavy atom. The maximum absolute atomic E-state index is 3.42. The van der Waals surface area contributed by atoms with Crippen LogP contribution in [-0.2, 0) is 0 Å². The Kier molecular flexibility index (Phi) is 2.18. The lowest BCUT2D eigenvalue weighted by molar-refractivity contribution is -0.550. The lowest BCUT2D eigenvalue weighted by atomic mass is 10.1. The number of nitrogens with one attached hydrogen (secondary N) is 2. The molecular weight excluding hydrogens is 196 g/mol. The van der Waals surface area contributed by atoms with E-state index in [0.29, 0.717) is 0 Å². The molecule has 2 heteroatoms. The van der Waals surface area contributed by atoms with Gasteiger partial charge in [-0.15, -0.1) is 0 Å². The third-order valence-electron chi connectivity index (χ3n) is 2.77. The van der Waals surface area contributed by atoms with Crippen LogP contribution in [0.1, 0.15) is 17.3 Å². The highest BCUT2D eigenvalue weighted by molar-refractivity contribution is 5.96. The molecule has 1 unspecified atom stereocenters. The van der Waals surface area contributed by atoms with E-state index in [9.17, 15) is 0 Å². The fourth-order valence-corrected chi connectivity index (χ4v) is 1.87. The summed E-state index contributed by atoms with van der Waals surface area (Å²) in [7, 11) is 0. The average molecular weight is 209 g/mol. The quantitative estimate of drug-likeness (QED) is 0.752. The van der Waals surface area contributed by atoms with Crippen LogP contribution in [-0.4, -0.2) is 5.84 Å². The molecule has 78 valence electrons. The molecule has 0 saturated heterocycles. The molecule has 0 radical (unpaired) electrons. The predicted octanol–water partition coefficient (Wildman–Crippen LogP) is 0.816. The van der Waals surface area contributed by atoms with E-state index in [2.05, 4.69) is 46.7 Å². The van der Waals surface area contributed by atoms with E-state index < -0.39 is 0 Å². The molecule has 0 fully saturated rings. The summed E-state index contributed by atoms with van der Waals surface area (Å²) in [5, 5.41) is 3.42. The van der Waals surface area contributed by atoms with E-state index >= 15 is 0 Å². The number of rotatable bonds is 2. The minimum absolute atomic E-state index is 0.247. The van der Waals surface area contributed by atoms with Crippen molar-refractivity contribution >= 4 is 5.84 Å². The van der Waals surface area contributed by atoms with Gasteiger partial charge in [-0.05, 0) is 12.1 Å². The predicted molar refractivity (Wildman–Crippen MR) is 63.8 cm³/mol. The molecule has 0 amide bonds. The molecule has 0 bridgehead atoms. The standard InChI is InChI=1S/C14H12N2/c1-3-7-11(8-4-1)13-15-14(16-13)12-9-5-2-6-10-12/h1-10,13H,(H,15,16)/p+1. The van der Waals surface area contributed by atoms with Gasteiger partial charge in [-0.2, -0.15) is 0 Å². The zero-order chi connectivity index (χ0) is 10.8. The second-order valence-corrected chi connectivity index (χ2v) is 3.87. The molecule has 2 aromatic carbocycles. The summed E-state index contributed by atoms with van der Waals surface area (Å²) < 4.78 is 0. The molecule has 2 aromatic rings. The van der Waals surface area contributed by atoms with Gasteiger partial charge < -0.3 is 0 Å². The first-order valence-corrected chi connectivity index (χ1v) is 5.44. The van der Waals surface area contributed by atoms with Gasteiger partial charge in [0.05, 0.1) is 5.56 Å². The van der Waals surface area contributed by atoms with Gasteiger partial charge in [0.25, 0.3) is 12.0 Å². The number of benzene rings is 2. The molecule has 1 atom stereocenters. The molecule has 0 aromatic heterocycles. The van der Waals surface area contributed by atoms with Crippen LogP contribution in [0.15, 0.2) is 60.7 Å². The minimum Gasteiger partial charge on any atom is -0.230 e. The summed E-state index contributed by atoms with van der Waals surface area (Å²) in [5.74, 6) is 1.11. The largest absolute Gasteiger partial charge is 0.282 e. The maximum Gasteiger partial charge on any atom is 0.282 e. The van der Waals surface area contributed by atoms with Gasteiger partial charge in [0, 0.05) is 5.56 Å². The number of hydrogen-bond donors (Lipinski definition) is 2. The second-order valence-electron chi connectivity index (χ2n) is 3.87. The Bertz CT molecular complexity index is 503. The van der Waals surface area contributed by atoms with E-state index in [1.165, 1.54) is 11.1 Å². The zero-order valence-corrected chi connectivity index (χ0v) is 8.85. The third kappa shape index (κ3) is 1.58. The zero-order valence-electron chi connectivity index (χ0n) is 8.85. The average Bonchev–Trinajstić information content (AvgIpc) is 2.30. The highest BCUT2D eigenvalue weighted by Gasteiger charge is 2.30. The van der Waals surface area contributed by atoms with Gasteiger partial charge in [0.1, 0.15) is 0 Å². The summed E-state index contributed by atoms with van der Waals surface area (Å²) >= 11 is 0. The van der Waals surface area contributed by atoms with Crippen molar-refractivity contribution in [3.63, 3.8) is 0 Å². The SMILES string of the molecule is c1ccc(C2=[NH+]C(c3ccccc3)N2)cc1. The van der Waals surface area contributed by atoms with Crippen LogP contribution in [0, 0.1) is 0 Å². The summed E-state index contributed by atoms with van der Waals surface area (Å²) in [6.45, 7) is 0. The van der Waals surface area contributed by atoms with Crippen molar-refractivity contribution in [2.24, 2.45) is 0 Å². The smallest absolute Gasteiger partial charge is 0.230 e. The Hall–Kier alpha value is -2.09. The van der Waals surface area contributed by atoms with Crippen LogP contribution < -0.4 is 10.3 Å². The first kappa shape index (κ1) is 9.16. The van der Waals surface area contributed by atoms with Gasteiger partial charge in [-0.25, -0.2) is 10.3 Å². The van der Waals surface area contributed by atoms with E-state index in [1.807, 2.05) is 24.3 Å². The van der Waals surface area contributed by atoms with Crippen LogP contribution in [0.25, 0.3) is 0 Å². The number of amidine groups is 1. The van der Waals surface area contributed by atoms with Crippen molar-refractivity contribution in [1.29, 1.82) is 0 Å². The topological polar surface area (TPSA) is 26.0 Å². The van der Waals surface area contributed by atoms with Crippen LogP contribution >= 0.6 is 0 Å². The van der Waals surface area contributed by atoms with Crippen molar-refractivity contribution in [3.8, 4) is 0 Å². The van der Waals surface area contributed by atoms with Gasteiger partial charge in [0.2, 0.25) is 0 Å². The van der Waals surface area contributed by atoms with E-state index in [1.54, 1.807) is 0 Å². The minimum atomic E-state index is 0.247. The fourth-order valence-electron chi connectivity index (χ4n) is 1.87. The fraction of sp³-hybridized carbons (Fsp3) is 0.0714. The molecule has 16 heavy (non-hydrogen) atoms. The summed E-state index contributed by atoms with van der Waals surface area (Å²) in [5.41, 5.74) is 2.47. The van der Waals surface area contributed by atoms with Crippen LogP contribution in [0.3, 0.4) is 0 Å². The molecule has 2 N–H and O–H groups in total. The van der Waals surface area contributed by atoms with Crippen LogP contribution in [0.2, 0.25) is 0 Å². The molecule has 2 nitrogen and oxygen atoms in total. The van der Waals surface area contributed by atoms with Crippen LogP contribution in [0.5, 0.6) is 0 Å². The van der Waals surface area contributed by atoms with Crippen molar-refractivity contribution in [1.82, 2.24) is 5.32 Å². The van der Waals surface area contributed by atoms with Gasteiger partial charge in [-0.3, -0.25) is 0 Å². The Labute approximate surface area is 94.7 Å². The van der Waals surface area contributed by atoms with Crippen molar-refractivity contribution in [3.05, 3.63) is 71.8 Å². The van der Waals surface area contributed by atoms with Gasteiger partial charge in [-0.1, -0.05) is 48.5 Å². The summed E-state index contributed by atoms with van der Waals surface area (Å²) in [6, 6.07) is 20.7. The molecular formula is C14H13N2+. The molecule has 1 aliphatic heterocycles. The van der Waals surface area contributed by atoms with Gasteiger partial charge >= 0.3 is 0 Å². The van der Waals surface area contributed by atoms with Crippen molar-refractivity contribution in [2.75, 3.05) is 0 Å². The first-order chi connectivity index (χ1) is 7.93. The molecule has 0 saturated carbocycles. The summed E-state index contributed by atoms with van der Waals surface area (Å²) in [4.78, 5) is 3.42. The molecule has 0 spiro atoms. The first-order valence-electron chi connectivity index (χ1n) is 5.44. The molecule has 1 heterocycles. The van der Waals surface area contributed by atoms with Crippen molar-refractivity contribution in [2.45, 2.75) is 6.17 Å². The molecule has 1 aliphatic rings. The molecule has 3 rings (SSSR count).